The molecule has 1 aliphatic rings. The highest BCUT2D eigenvalue weighted by molar-refractivity contribution is 6.03. The molecule has 0 saturated carbocycles. The predicted molar refractivity (Wildman–Crippen MR) is 85.6 cm³/mol. The summed E-state index contributed by atoms with van der Waals surface area (Å²) >= 11 is 0. The number of carbonyl (C=O) groups is 1. The van der Waals surface area contributed by atoms with Crippen LogP contribution in [-0.4, -0.2) is 64.1 Å². The molecule has 3 rings (SSSR count). The Balaban J connectivity index is 1.74. The van der Waals surface area contributed by atoms with E-state index in [0.29, 0.717) is 0 Å². The van der Waals surface area contributed by atoms with Gasteiger partial charge < -0.3 is 20.2 Å². The van der Waals surface area contributed by atoms with E-state index in [1.54, 1.807) is 12.1 Å². The summed E-state index contributed by atoms with van der Waals surface area (Å²) in [7, 11) is 2.08. The van der Waals surface area contributed by atoms with Crippen molar-refractivity contribution in [3.8, 4) is 5.75 Å². The number of hydrogen-bond donors (Lipinski definition) is 2. The molecule has 0 atom stereocenters. The third kappa shape index (κ3) is 3.54. The first kappa shape index (κ1) is 15.2. The highest BCUT2D eigenvalue weighted by atomic mass is 16.3. The van der Waals surface area contributed by atoms with Gasteiger partial charge in [0.25, 0.3) is 5.91 Å². The van der Waals surface area contributed by atoms with E-state index in [-0.39, 0.29) is 17.3 Å². The zero-order chi connectivity index (χ0) is 16.2. The Morgan fingerprint density at radius 3 is 2.74 bits per heavy atom. The van der Waals surface area contributed by atoms with Crippen LogP contribution < -0.4 is 10.2 Å². The van der Waals surface area contributed by atoms with E-state index in [2.05, 4.69) is 37.1 Å². The minimum absolute atomic E-state index is 0.0887. The summed E-state index contributed by atoms with van der Waals surface area (Å²) in [6.07, 6.45) is 2.87. The number of hydrogen-bond acceptors (Lipinski definition) is 7. The van der Waals surface area contributed by atoms with E-state index in [4.69, 9.17) is 0 Å². The van der Waals surface area contributed by atoms with E-state index < -0.39 is 5.91 Å². The van der Waals surface area contributed by atoms with Gasteiger partial charge in [-0.1, -0.05) is 0 Å². The molecule has 2 N–H and O–H groups in total. The Morgan fingerprint density at radius 2 is 2.00 bits per heavy atom. The highest BCUT2D eigenvalue weighted by Crippen LogP contribution is 2.19. The molecule has 8 heteroatoms. The number of pyridine rings is 1. The number of likely N-dealkylation sites (N-methyl/N-ethyl adjacent to an activating group) is 1. The van der Waals surface area contributed by atoms with Crippen molar-refractivity contribution in [2.24, 2.45) is 0 Å². The number of nitrogens with one attached hydrogen (secondary N) is 1. The molecule has 2 aromatic heterocycles. The molecule has 120 valence electrons. The van der Waals surface area contributed by atoms with Crippen LogP contribution in [0.1, 0.15) is 10.5 Å². The number of piperazine rings is 1. The van der Waals surface area contributed by atoms with Crippen molar-refractivity contribution in [2.45, 2.75) is 0 Å². The number of carbonyl (C=O) groups excluding carboxylic acids is 1. The molecule has 23 heavy (non-hydrogen) atoms. The Hall–Kier alpha value is -2.74. The summed E-state index contributed by atoms with van der Waals surface area (Å²) in [6.45, 7) is 3.62. The monoisotopic (exact) mass is 314 g/mol. The molecule has 3 heterocycles. The molecule has 8 nitrogen and oxygen atoms in total. The number of aromatic nitrogens is 3. The van der Waals surface area contributed by atoms with E-state index in [1.165, 1.54) is 18.6 Å². The zero-order valence-electron chi connectivity index (χ0n) is 12.8. The first-order chi connectivity index (χ1) is 11.1. The van der Waals surface area contributed by atoms with Crippen molar-refractivity contribution in [3.05, 3.63) is 36.4 Å². The molecule has 0 aromatic carbocycles. The average Bonchev–Trinajstić information content (AvgIpc) is 2.58. The van der Waals surface area contributed by atoms with Gasteiger partial charge in [-0.15, -0.1) is 0 Å². The first-order valence-corrected chi connectivity index (χ1v) is 7.34. The molecule has 0 aliphatic carbocycles. The standard InChI is InChI=1S/C15H18N6O2/c1-20-5-7-21(8-6-20)13-9-11(17-10-18-13)15(23)19-14-12(22)3-2-4-16-14/h2-4,9-10,22H,5-8H2,1H3,(H,16,19,23). The number of amides is 1. The fraction of sp³-hybridized carbons (Fsp3) is 0.333. The molecule has 1 aliphatic heterocycles. The van der Waals surface area contributed by atoms with E-state index >= 15 is 0 Å². The van der Waals surface area contributed by atoms with Gasteiger partial charge in [0.05, 0.1) is 0 Å². The van der Waals surface area contributed by atoms with Crippen LogP contribution in [-0.2, 0) is 0 Å². The van der Waals surface area contributed by atoms with Crippen molar-refractivity contribution in [3.63, 3.8) is 0 Å². The van der Waals surface area contributed by atoms with Crippen LogP contribution in [0.25, 0.3) is 0 Å². The second kappa shape index (κ2) is 6.57. The van der Waals surface area contributed by atoms with E-state index in [9.17, 15) is 9.90 Å². The molecule has 1 saturated heterocycles. The van der Waals surface area contributed by atoms with Gasteiger partial charge in [0.1, 0.15) is 17.8 Å². The summed E-state index contributed by atoms with van der Waals surface area (Å²) < 4.78 is 0. The molecular weight excluding hydrogens is 296 g/mol. The Kier molecular flexibility index (Phi) is 4.33. The van der Waals surface area contributed by atoms with Gasteiger partial charge in [-0.25, -0.2) is 15.0 Å². The Bertz CT molecular complexity index is 700. The SMILES string of the molecule is CN1CCN(c2cc(C(=O)Nc3ncccc3O)ncn2)CC1. The topological polar surface area (TPSA) is 94.5 Å². The third-order valence-electron chi connectivity index (χ3n) is 3.73. The molecule has 0 unspecified atom stereocenters. The predicted octanol–water partition coefficient (Wildman–Crippen LogP) is 0.581. The lowest BCUT2D eigenvalue weighted by Crippen LogP contribution is -2.44. The van der Waals surface area contributed by atoms with Crippen molar-refractivity contribution < 1.29 is 9.90 Å². The number of aromatic hydroxyl groups is 1. The lowest BCUT2D eigenvalue weighted by molar-refractivity contribution is 0.102. The normalized spacial score (nSPS) is 15.4. The lowest BCUT2D eigenvalue weighted by Gasteiger charge is -2.33. The molecule has 2 aromatic rings. The second-order valence-electron chi connectivity index (χ2n) is 5.38. The minimum Gasteiger partial charge on any atom is -0.504 e. The molecule has 0 bridgehead atoms. The zero-order valence-corrected chi connectivity index (χ0v) is 12.8. The summed E-state index contributed by atoms with van der Waals surface area (Å²) in [6, 6.07) is 4.69. The molecule has 1 amide bonds. The van der Waals surface area contributed by atoms with Crippen LogP contribution >= 0.6 is 0 Å². The maximum Gasteiger partial charge on any atom is 0.275 e. The number of anilines is 2. The highest BCUT2D eigenvalue weighted by Gasteiger charge is 2.18. The van der Waals surface area contributed by atoms with Gasteiger partial charge in [0, 0.05) is 38.4 Å². The second-order valence-corrected chi connectivity index (χ2v) is 5.38. The number of rotatable bonds is 3. The first-order valence-electron chi connectivity index (χ1n) is 7.34. The van der Waals surface area contributed by atoms with Crippen LogP contribution in [0.15, 0.2) is 30.7 Å². The van der Waals surface area contributed by atoms with Crippen molar-refractivity contribution in [2.75, 3.05) is 43.4 Å². The van der Waals surface area contributed by atoms with Crippen molar-refractivity contribution in [1.29, 1.82) is 0 Å². The molecule has 1 fully saturated rings. The molecule has 0 spiro atoms. The maximum atomic E-state index is 12.3. The van der Waals surface area contributed by atoms with E-state index in [0.717, 1.165) is 32.0 Å². The van der Waals surface area contributed by atoms with Gasteiger partial charge in [-0.3, -0.25) is 4.79 Å². The Morgan fingerprint density at radius 1 is 1.22 bits per heavy atom. The van der Waals surface area contributed by atoms with Crippen LogP contribution in [0.3, 0.4) is 0 Å². The smallest absolute Gasteiger partial charge is 0.275 e. The maximum absolute atomic E-state index is 12.3. The fourth-order valence-corrected chi connectivity index (χ4v) is 2.34. The largest absolute Gasteiger partial charge is 0.504 e. The van der Waals surface area contributed by atoms with Crippen LogP contribution in [0.5, 0.6) is 5.75 Å². The van der Waals surface area contributed by atoms with Gasteiger partial charge in [0.2, 0.25) is 0 Å². The minimum atomic E-state index is -0.434. The van der Waals surface area contributed by atoms with Crippen LogP contribution in [0, 0.1) is 0 Å². The van der Waals surface area contributed by atoms with Crippen LogP contribution in [0.2, 0.25) is 0 Å². The summed E-state index contributed by atoms with van der Waals surface area (Å²) in [5.41, 5.74) is 0.235. The third-order valence-corrected chi connectivity index (χ3v) is 3.73. The molecule has 0 radical (unpaired) electrons. The summed E-state index contributed by atoms with van der Waals surface area (Å²) in [4.78, 5) is 28.8. The number of nitrogens with zero attached hydrogens (tertiary/aromatic N) is 5. The average molecular weight is 314 g/mol. The summed E-state index contributed by atoms with van der Waals surface area (Å²) in [5, 5.41) is 12.2. The van der Waals surface area contributed by atoms with Crippen molar-refractivity contribution in [1.82, 2.24) is 19.9 Å². The van der Waals surface area contributed by atoms with Gasteiger partial charge in [0.15, 0.2) is 11.6 Å². The van der Waals surface area contributed by atoms with Crippen LogP contribution in [0.4, 0.5) is 11.6 Å². The van der Waals surface area contributed by atoms with Gasteiger partial charge in [-0.2, -0.15) is 0 Å². The van der Waals surface area contributed by atoms with Gasteiger partial charge in [-0.05, 0) is 19.2 Å². The lowest BCUT2D eigenvalue weighted by atomic mass is 10.3. The van der Waals surface area contributed by atoms with Crippen molar-refractivity contribution >= 4 is 17.5 Å². The Labute approximate surface area is 133 Å². The summed E-state index contributed by atoms with van der Waals surface area (Å²) in [5.74, 6) is 0.312. The van der Waals surface area contributed by atoms with Gasteiger partial charge >= 0.3 is 0 Å². The quantitative estimate of drug-likeness (QED) is 0.856. The van der Waals surface area contributed by atoms with E-state index in [1.807, 2.05) is 0 Å². The fourth-order valence-electron chi connectivity index (χ4n) is 2.34. The molecular formula is C15H18N6O2.